The maximum absolute atomic E-state index is 12.0. The van der Waals surface area contributed by atoms with Gasteiger partial charge in [0.05, 0.1) is 0 Å². The molecule has 3 N–H and O–H groups in total. The zero-order valence-electron chi connectivity index (χ0n) is 12.0. The summed E-state index contributed by atoms with van der Waals surface area (Å²) in [5.74, 6) is -0.791. The van der Waals surface area contributed by atoms with E-state index in [1.165, 1.54) is 4.57 Å². The van der Waals surface area contributed by atoms with Crippen molar-refractivity contribution in [2.75, 3.05) is 11.9 Å². The van der Waals surface area contributed by atoms with Crippen LogP contribution in [0, 0.1) is 0 Å². The van der Waals surface area contributed by atoms with E-state index in [2.05, 4.69) is 15.3 Å². The highest BCUT2D eigenvalue weighted by Crippen LogP contribution is 2.17. The number of aliphatic carboxylic acids is 1. The Balaban J connectivity index is 2.77. The van der Waals surface area contributed by atoms with Gasteiger partial charge in [0.2, 0.25) is 5.95 Å². The zero-order chi connectivity index (χ0) is 15.7. The number of hydrogen-bond acceptors (Lipinski definition) is 5. The highest BCUT2D eigenvalue weighted by atomic mass is 16.4. The molecule has 21 heavy (non-hydrogen) atoms. The fourth-order valence-corrected chi connectivity index (χ4v) is 2.22. The molecule has 0 saturated carbocycles. The van der Waals surface area contributed by atoms with Crippen LogP contribution in [0.2, 0.25) is 0 Å². The molecule has 0 unspecified atom stereocenters. The number of hydrogen-bond donors (Lipinski definition) is 3. The van der Waals surface area contributed by atoms with Gasteiger partial charge in [0.15, 0.2) is 11.2 Å². The number of carboxylic acid groups (broad SMARTS) is 1. The first-order valence-corrected chi connectivity index (χ1v) is 6.57. The van der Waals surface area contributed by atoms with Crippen LogP contribution in [0.25, 0.3) is 11.2 Å². The van der Waals surface area contributed by atoms with Gasteiger partial charge in [-0.05, 0) is 20.8 Å². The van der Waals surface area contributed by atoms with Crippen molar-refractivity contribution in [2.45, 2.75) is 33.4 Å². The van der Waals surface area contributed by atoms with E-state index < -0.39 is 17.2 Å². The molecule has 114 valence electrons. The lowest BCUT2D eigenvalue weighted by Crippen LogP contribution is -2.32. The first kappa shape index (κ1) is 14.8. The summed E-state index contributed by atoms with van der Waals surface area (Å²) < 4.78 is 2.92. The van der Waals surface area contributed by atoms with Gasteiger partial charge in [-0.3, -0.25) is 19.1 Å². The van der Waals surface area contributed by atoms with E-state index in [9.17, 15) is 14.4 Å². The zero-order valence-corrected chi connectivity index (χ0v) is 12.0. The second kappa shape index (κ2) is 5.43. The monoisotopic (exact) mass is 295 g/mol. The summed E-state index contributed by atoms with van der Waals surface area (Å²) in [6.45, 7) is 5.49. The molecular weight excluding hydrogens is 278 g/mol. The Morgan fingerprint density at radius 2 is 2.10 bits per heavy atom. The van der Waals surface area contributed by atoms with Crippen molar-refractivity contribution >= 4 is 23.1 Å². The second-order valence-corrected chi connectivity index (χ2v) is 4.82. The molecule has 9 nitrogen and oxygen atoms in total. The summed E-state index contributed by atoms with van der Waals surface area (Å²) >= 11 is 0. The van der Waals surface area contributed by atoms with Gasteiger partial charge in [-0.25, -0.2) is 4.79 Å². The standard InChI is InChI=1S/C12H17N5O4/c1-4-16-8-9(14-11(16)13-5-7(18)19)17(6(2)3)12(21)15-10(8)20/h6H,4-5H2,1-3H3,(H,13,14)(H,18,19)(H,15,20,21). The average Bonchev–Trinajstić information content (AvgIpc) is 2.74. The molecule has 0 spiro atoms. The molecule has 9 heteroatoms. The smallest absolute Gasteiger partial charge is 0.330 e. The Morgan fingerprint density at radius 1 is 1.43 bits per heavy atom. The van der Waals surface area contributed by atoms with Gasteiger partial charge in [-0.1, -0.05) is 0 Å². The van der Waals surface area contributed by atoms with Crippen molar-refractivity contribution in [3.8, 4) is 0 Å². The van der Waals surface area contributed by atoms with Crippen LogP contribution in [0.15, 0.2) is 9.59 Å². The van der Waals surface area contributed by atoms with Gasteiger partial charge >= 0.3 is 11.7 Å². The molecule has 2 rings (SSSR count). The summed E-state index contributed by atoms with van der Waals surface area (Å²) in [4.78, 5) is 41.1. The van der Waals surface area contributed by atoms with Crippen molar-refractivity contribution in [1.82, 2.24) is 19.1 Å². The van der Waals surface area contributed by atoms with Crippen LogP contribution in [-0.4, -0.2) is 36.7 Å². The van der Waals surface area contributed by atoms with Crippen molar-refractivity contribution in [1.29, 1.82) is 0 Å². The van der Waals surface area contributed by atoms with E-state index in [0.717, 1.165) is 0 Å². The quantitative estimate of drug-likeness (QED) is 0.712. The number of aromatic amines is 1. The fraction of sp³-hybridized carbons (Fsp3) is 0.500. The SMILES string of the molecule is CCn1c(NCC(=O)O)nc2c1c(=O)[nH]c(=O)n2C(C)C. The maximum atomic E-state index is 12.0. The molecule has 0 saturated heterocycles. The number of nitrogens with zero attached hydrogens (tertiary/aromatic N) is 3. The van der Waals surface area contributed by atoms with Gasteiger partial charge in [-0.2, -0.15) is 4.98 Å². The van der Waals surface area contributed by atoms with Gasteiger partial charge in [0.1, 0.15) is 6.54 Å². The number of aryl methyl sites for hydroxylation is 1. The van der Waals surface area contributed by atoms with Crippen molar-refractivity contribution in [2.24, 2.45) is 0 Å². The lowest BCUT2D eigenvalue weighted by Gasteiger charge is -2.09. The summed E-state index contributed by atoms with van der Waals surface area (Å²) in [5.41, 5.74) is -0.579. The molecular formula is C12H17N5O4. The molecule has 0 amide bonds. The van der Waals surface area contributed by atoms with Gasteiger partial charge in [0.25, 0.3) is 5.56 Å². The number of carboxylic acids is 1. The molecule has 0 aliphatic heterocycles. The average molecular weight is 295 g/mol. The lowest BCUT2D eigenvalue weighted by molar-refractivity contribution is -0.134. The molecule has 0 bridgehead atoms. The second-order valence-electron chi connectivity index (χ2n) is 4.82. The number of fused-ring (bicyclic) bond motifs is 1. The molecule has 0 aliphatic carbocycles. The Bertz CT molecular complexity index is 798. The topological polar surface area (TPSA) is 122 Å². The van der Waals surface area contributed by atoms with Crippen LogP contribution in [-0.2, 0) is 11.3 Å². The normalized spacial score (nSPS) is 11.2. The number of rotatable bonds is 5. The number of carbonyl (C=O) groups is 1. The Labute approximate surface area is 119 Å². The predicted molar refractivity (Wildman–Crippen MR) is 76.8 cm³/mol. The van der Waals surface area contributed by atoms with E-state index >= 15 is 0 Å². The van der Waals surface area contributed by atoms with E-state index in [1.807, 2.05) is 0 Å². The summed E-state index contributed by atoms with van der Waals surface area (Å²) in [6, 6.07) is -0.190. The van der Waals surface area contributed by atoms with Crippen LogP contribution < -0.4 is 16.6 Å². The third-order valence-corrected chi connectivity index (χ3v) is 3.06. The van der Waals surface area contributed by atoms with E-state index in [1.54, 1.807) is 25.3 Å². The number of aromatic nitrogens is 4. The van der Waals surface area contributed by atoms with Crippen LogP contribution >= 0.6 is 0 Å². The van der Waals surface area contributed by atoms with E-state index in [0.29, 0.717) is 6.54 Å². The van der Waals surface area contributed by atoms with Crippen molar-refractivity contribution in [3.63, 3.8) is 0 Å². The van der Waals surface area contributed by atoms with E-state index in [-0.39, 0.29) is 29.7 Å². The van der Waals surface area contributed by atoms with Gasteiger partial charge in [0, 0.05) is 12.6 Å². The Kier molecular flexibility index (Phi) is 3.83. The van der Waals surface area contributed by atoms with Crippen LogP contribution in [0.3, 0.4) is 0 Å². The third kappa shape index (κ3) is 2.54. The first-order valence-electron chi connectivity index (χ1n) is 6.57. The largest absolute Gasteiger partial charge is 0.480 e. The predicted octanol–water partition coefficient (Wildman–Crippen LogP) is -0.0164. The molecule has 0 radical (unpaired) electrons. The summed E-state index contributed by atoms with van der Waals surface area (Å²) in [6.07, 6.45) is 0. The molecule has 2 aromatic rings. The lowest BCUT2D eigenvalue weighted by atomic mass is 10.3. The number of imidazole rings is 1. The minimum atomic E-state index is -1.04. The highest BCUT2D eigenvalue weighted by Gasteiger charge is 2.19. The molecule has 2 aromatic heterocycles. The molecule has 0 aliphatic rings. The minimum Gasteiger partial charge on any atom is -0.480 e. The van der Waals surface area contributed by atoms with Crippen molar-refractivity contribution < 1.29 is 9.90 Å². The number of nitrogens with one attached hydrogen (secondary N) is 2. The molecule has 0 atom stereocenters. The number of H-pyrrole nitrogens is 1. The highest BCUT2D eigenvalue weighted by molar-refractivity contribution is 5.76. The minimum absolute atomic E-state index is 0.190. The first-order chi connectivity index (χ1) is 9.86. The number of anilines is 1. The summed E-state index contributed by atoms with van der Waals surface area (Å²) in [5, 5.41) is 11.4. The van der Waals surface area contributed by atoms with Crippen LogP contribution in [0.1, 0.15) is 26.8 Å². The maximum Gasteiger partial charge on any atom is 0.330 e. The Morgan fingerprint density at radius 3 is 2.62 bits per heavy atom. The van der Waals surface area contributed by atoms with Gasteiger partial charge < -0.3 is 15.0 Å². The Hall–Kier alpha value is -2.58. The van der Waals surface area contributed by atoms with Crippen LogP contribution in [0.5, 0.6) is 0 Å². The summed E-state index contributed by atoms with van der Waals surface area (Å²) in [7, 11) is 0. The van der Waals surface area contributed by atoms with Crippen LogP contribution in [0.4, 0.5) is 5.95 Å². The molecule has 2 heterocycles. The molecule has 0 aromatic carbocycles. The van der Waals surface area contributed by atoms with Crippen molar-refractivity contribution in [3.05, 3.63) is 20.8 Å². The fourth-order valence-electron chi connectivity index (χ4n) is 2.22. The molecule has 0 fully saturated rings. The van der Waals surface area contributed by atoms with Gasteiger partial charge in [-0.15, -0.1) is 0 Å². The third-order valence-electron chi connectivity index (χ3n) is 3.06. The van der Waals surface area contributed by atoms with E-state index in [4.69, 9.17) is 5.11 Å².